The van der Waals surface area contributed by atoms with Gasteiger partial charge < -0.3 is 35.4 Å². The summed E-state index contributed by atoms with van der Waals surface area (Å²) in [6.07, 6.45) is -2.49. The van der Waals surface area contributed by atoms with E-state index in [1.54, 1.807) is 13.2 Å². The van der Waals surface area contributed by atoms with E-state index in [9.17, 15) is 24.0 Å². The van der Waals surface area contributed by atoms with Gasteiger partial charge in [0.1, 0.15) is 35.5 Å². The molecule has 1 amide bonds. The van der Waals surface area contributed by atoms with Crippen LogP contribution in [0.4, 0.5) is 4.39 Å². The van der Waals surface area contributed by atoms with Crippen LogP contribution in [-0.4, -0.2) is 91.7 Å². The van der Waals surface area contributed by atoms with Gasteiger partial charge in [-0.3, -0.25) is 9.32 Å². The van der Waals surface area contributed by atoms with Crippen molar-refractivity contribution in [3.63, 3.8) is 0 Å². The third-order valence-electron chi connectivity index (χ3n) is 6.09. The molecule has 0 aromatic rings. The zero-order valence-electron chi connectivity index (χ0n) is 18.9. The van der Waals surface area contributed by atoms with E-state index in [4.69, 9.17) is 26.1 Å². The third kappa shape index (κ3) is 7.99. The Bertz CT molecular complexity index is 705. The molecule has 0 radical (unpaired) electrons. The minimum absolute atomic E-state index is 0.240. The number of phosphoric acid groups is 1. The van der Waals surface area contributed by atoms with Crippen molar-refractivity contribution >= 4 is 37.1 Å². The number of rotatable bonds is 9. The van der Waals surface area contributed by atoms with Crippen LogP contribution in [0.15, 0.2) is 0 Å². The lowest BCUT2D eigenvalue weighted by atomic mass is 9.90. The molecular formula is C19H35ClFN2O8PS. The number of thioether (sulfide) groups is 1. The number of phosphoric ester groups is 1. The first-order valence-corrected chi connectivity index (χ1v) is 14.2. The summed E-state index contributed by atoms with van der Waals surface area (Å²) in [5, 5.41) is 26.2. The monoisotopic (exact) mass is 536 g/mol. The quantitative estimate of drug-likeness (QED) is 0.186. The summed E-state index contributed by atoms with van der Waals surface area (Å²) < 4.78 is 36.6. The molecule has 0 aliphatic carbocycles. The fraction of sp³-hybridized carbons (Fsp3) is 0.947. The summed E-state index contributed by atoms with van der Waals surface area (Å²) in [5.41, 5.74) is -2.37. The second kappa shape index (κ2) is 12.3. The number of ether oxygens (including phenoxy) is 1. The lowest BCUT2D eigenvalue weighted by molar-refractivity contribution is -0.201. The number of hydrogen-bond acceptors (Lipinski definition) is 8. The highest BCUT2D eigenvalue weighted by Crippen LogP contribution is 2.43. The summed E-state index contributed by atoms with van der Waals surface area (Å²) in [6, 6.07) is -1.62. The highest BCUT2D eigenvalue weighted by molar-refractivity contribution is 7.99. The van der Waals surface area contributed by atoms with Gasteiger partial charge in [-0.25, -0.2) is 8.96 Å². The molecule has 0 aromatic heterocycles. The molecule has 194 valence electrons. The zero-order valence-corrected chi connectivity index (χ0v) is 21.4. The lowest BCUT2D eigenvalue weighted by Gasteiger charge is -2.45. The molecule has 2 fully saturated rings. The van der Waals surface area contributed by atoms with Gasteiger partial charge in [0.25, 0.3) is 0 Å². The number of aliphatic hydroxyl groups is 2. The molecule has 14 heteroatoms. The van der Waals surface area contributed by atoms with Crippen molar-refractivity contribution in [2.24, 2.45) is 0 Å². The van der Waals surface area contributed by atoms with Gasteiger partial charge in [0, 0.05) is 0 Å². The maximum atomic E-state index is 14.9. The second-order valence-electron chi connectivity index (χ2n) is 8.65. The second-order valence-corrected chi connectivity index (χ2v) is 11.5. The first-order chi connectivity index (χ1) is 15.3. The highest BCUT2D eigenvalue weighted by atomic mass is 35.5. The molecule has 2 rings (SSSR count). The predicted molar refractivity (Wildman–Crippen MR) is 123 cm³/mol. The van der Waals surface area contributed by atoms with Crippen molar-refractivity contribution in [3.05, 3.63) is 0 Å². The van der Waals surface area contributed by atoms with E-state index in [-0.39, 0.29) is 12.8 Å². The van der Waals surface area contributed by atoms with Crippen LogP contribution in [0.25, 0.3) is 0 Å². The topological polar surface area (TPSA) is 158 Å². The maximum Gasteiger partial charge on any atom is 0.470 e. The lowest BCUT2D eigenvalue weighted by Crippen LogP contribution is -2.65. The van der Waals surface area contributed by atoms with Crippen molar-refractivity contribution < 1.29 is 43.0 Å². The molecule has 0 spiro atoms. The number of hydrogen-bond donors (Lipinski definition) is 6. The first kappa shape index (κ1) is 29.2. The SMILES string of the molecule is CCCC1(F)CCNC(C(=O)NC(C(C)Cl)C2OC(SC)C(OP(=O)(O)O)C(O)C2O)CC1. The molecule has 10 nitrogen and oxygen atoms in total. The van der Waals surface area contributed by atoms with E-state index in [1.807, 2.05) is 6.92 Å². The normalized spacial score (nSPS) is 37.7. The van der Waals surface area contributed by atoms with Gasteiger partial charge in [-0.05, 0) is 45.4 Å². The molecule has 0 bridgehead atoms. The van der Waals surface area contributed by atoms with E-state index in [0.29, 0.717) is 25.8 Å². The Morgan fingerprint density at radius 3 is 2.61 bits per heavy atom. The van der Waals surface area contributed by atoms with Gasteiger partial charge >= 0.3 is 7.82 Å². The van der Waals surface area contributed by atoms with Crippen LogP contribution >= 0.6 is 31.2 Å². The highest BCUT2D eigenvalue weighted by Gasteiger charge is 2.51. The molecule has 33 heavy (non-hydrogen) atoms. The number of halogens is 2. The minimum atomic E-state index is -4.97. The number of carbonyl (C=O) groups is 1. The van der Waals surface area contributed by atoms with E-state index in [2.05, 4.69) is 15.2 Å². The van der Waals surface area contributed by atoms with Crippen LogP contribution in [0, 0.1) is 0 Å². The Labute approximate surface area is 202 Å². The van der Waals surface area contributed by atoms with Gasteiger partial charge in [-0.15, -0.1) is 23.4 Å². The van der Waals surface area contributed by atoms with Gasteiger partial charge in [0.15, 0.2) is 0 Å². The van der Waals surface area contributed by atoms with Crippen LogP contribution in [-0.2, 0) is 18.6 Å². The molecule has 0 saturated carbocycles. The van der Waals surface area contributed by atoms with Crippen LogP contribution < -0.4 is 10.6 Å². The minimum Gasteiger partial charge on any atom is -0.388 e. The fourth-order valence-electron chi connectivity index (χ4n) is 4.37. The Hall–Kier alpha value is -0.0100. The summed E-state index contributed by atoms with van der Waals surface area (Å²) in [7, 11) is -4.97. The standard InChI is InChI=1S/C19H35ClFN2O8PS/c1-4-6-19(21)7-5-11(22-9-8-19)17(26)23-12(10(2)20)15-13(24)14(25)16(18(30-15)33-3)31-32(27,28)29/h10-16,18,22,24-25H,4-9H2,1-3H3,(H,23,26)(H2,27,28,29). The molecule has 6 N–H and O–H groups in total. The van der Waals surface area contributed by atoms with Gasteiger partial charge in [0.05, 0.1) is 17.5 Å². The Balaban J connectivity index is 2.13. The zero-order chi connectivity index (χ0) is 25.0. The van der Waals surface area contributed by atoms with E-state index < -0.39 is 66.7 Å². The number of nitrogens with one attached hydrogen (secondary N) is 2. The van der Waals surface area contributed by atoms with Crippen molar-refractivity contribution in [1.82, 2.24) is 10.6 Å². The molecule has 9 unspecified atom stereocenters. The largest absolute Gasteiger partial charge is 0.470 e. The van der Waals surface area contributed by atoms with Crippen LogP contribution in [0.1, 0.15) is 46.0 Å². The summed E-state index contributed by atoms with van der Waals surface area (Å²) in [5.74, 6) is -0.437. The summed E-state index contributed by atoms with van der Waals surface area (Å²) >= 11 is 7.31. The maximum absolute atomic E-state index is 14.9. The van der Waals surface area contributed by atoms with Crippen LogP contribution in [0.5, 0.6) is 0 Å². The van der Waals surface area contributed by atoms with E-state index in [0.717, 1.165) is 11.8 Å². The molecule has 2 heterocycles. The van der Waals surface area contributed by atoms with Gasteiger partial charge in [0.2, 0.25) is 5.91 Å². The van der Waals surface area contributed by atoms with Crippen molar-refractivity contribution in [2.75, 3.05) is 12.8 Å². The van der Waals surface area contributed by atoms with Crippen molar-refractivity contribution in [1.29, 1.82) is 0 Å². The summed E-state index contributed by atoms with van der Waals surface area (Å²) in [4.78, 5) is 31.2. The van der Waals surface area contributed by atoms with Crippen LogP contribution in [0.3, 0.4) is 0 Å². The molecule has 9 atom stereocenters. The van der Waals surface area contributed by atoms with Crippen LogP contribution in [0.2, 0.25) is 0 Å². The van der Waals surface area contributed by atoms with Crippen molar-refractivity contribution in [3.8, 4) is 0 Å². The molecule has 0 aromatic carbocycles. The number of aliphatic hydroxyl groups excluding tert-OH is 2. The third-order valence-corrected chi connectivity index (χ3v) is 7.72. The number of amides is 1. The predicted octanol–water partition coefficient (Wildman–Crippen LogP) is 1.04. The fourth-order valence-corrected chi connectivity index (χ4v) is 5.93. The van der Waals surface area contributed by atoms with Gasteiger partial charge in [-0.1, -0.05) is 13.3 Å². The van der Waals surface area contributed by atoms with Crippen molar-refractivity contribution in [2.45, 2.75) is 98.9 Å². The molecule has 2 aliphatic rings. The van der Waals surface area contributed by atoms with E-state index in [1.165, 1.54) is 0 Å². The van der Waals surface area contributed by atoms with Gasteiger partial charge in [-0.2, -0.15) is 0 Å². The molecule has 2 saturated heterocycles. The average Bonchev–Trinajstić information content (AvgIpc) is 2.91. The Kier molecular flexibility index (Phi) is 10.9. The summed E-state index contributed by atoms with van der Waals surface area (Å²) in [6.45, 7) is 3.83. The molecule has 2 aliphatic heterocycles. The number of alkyl halides is 2. The first-order valence-electron chi connectivity index (χ1n) is 11.0. The average molecular weight is 537 g/mol. The Morgan fingerprint density at radius 1 is 1.39 bits per heavy atom. The van der Waals surface area contributed by atoms with E-state index >= 15 is 0 Å². The number of carbonyl (C=O) groups excluding carboxylic acids is 1. The smallest absolute Gasteiger partial charge is 0.388 e. The Morgan fingerprint density at radius 2 is 2.06 bits per heavy atom. The molecular weight excluding hydrogens is 502 g/mol.